The smallest absolute Gasteiger partial charge is 0.0839 e. The molecule has 0 amide bonds. The molecule has 2 heteroatoms. The maximum atomic E-state index is 5.95. The van der Waals surface area contributed by atoms with Crippen LogP contribution in [0.3, 0.4) is 0 Å². The molecule has 1 aliphatic rings. The van der Waals surface area contributed by atoms with Crippen LogP contribution >= 0.6 is 0 Å². The fraction of sp³-hybridized carbons (Fsp3) is 0.700. The minimum absolute atomic E-state index is 0.300. The predicted molar refractivity (Wildman–Crippen MR) is 98.7 cm³/mol. The second kappa shape index (κ2) is 12.7. The number of ether oxygens (including phenoxy) is 1. The van der Waals surface area contributed by atoms with Gasteiger partial charge < -0.3 is 9.64 Å². The Morgan fingerprint density at radius 1 is 1.14 bits per heavy atom. The van der Waals surface area contributed by atoms with Crippen LogP contribution in [0.25, 0.3) is 0 Å². The molecule has 0 saturated heterocycles. The summed E-state index contributed by atoms with van der Waals surface area (Å²) in [6.45, 7) is 15.6. The summed E-state index contributed by atoms with van der Waals surface area (Å²) in [5, 5.41) is 0. The largest absolute Gasteiger partial charge is 0.373 e. The van der Waals surface area contributed by atoms with Gasteiger partial charge in [0.25, 0.3) is 0 Å². The molecule has 1 unspecified atom stereocenters. The van der Waals surface area contributed by atoms with E-state index in [-0.39, 0.29) is 0 Å². The first-order valence-corrected chi connectivity index (χ1v) is 9.10. The van der Waals surface area contributed by atoms with Gasteiger partial charge in [-0.1, -0.05) is 58.4 Å². The quantitative estimate of drug-likeness (QED) is 0.723. The van der Waals surface area contributed by atoms with Gasteiger partial charge in [-0.05, 0) is 50.9 Å². The second-order valence-corrected chi connectivity index (χ2v) is 5.40. The molecule has 1 atom stereocenters. The number of nitrogens with zero attached hydrogens (tertiary/aromatic N) is 1. The molecule has 0 aromatic heterocycles. The summed E-state index contributed by atoms with van der Waals surface area (Å²) < 4.78 is 5.95. The van der Waals surface area contributed by atoms with E-state index in [2.05, 4.69) is 44.0 Å². The Kier molecular flexibility index (Phi) is 12.2. The molecule has 0 radical (unpaired) electrons. The number of fused-ring (bicyclic) bond motifs is 1. The van der Waals surface area contributed by atoms with Crippen molar-refractivity contribution in [1.82, 2.24) is 4.90 Å². The highest BCUT2D eigenvalue weighted by Crippen LogP contribution is 2.30. The molecular formula is C20H37NO. The average Bonchev–Trinajstić information content (AvgIpc) is 2.56. The van der Waals surface area contributed by atoms with Crippen LogP contribution in [-0.2, 0) is 11.2 Å². The summed E-state index contributed by atoms with van der Waals surface area (Å²) in [4.78, 5) is 2.39. The molecule has 22 heavy (non-hydrogen) atoms. The van der Waals surface area contributed by atoms with Crippen LogP contribution in [0.5, 0.6) is 0 Å². The van der Waals surface area contributed by atoms with Gasteiger partial charge >= 0.3 is 0 Å². The summed E-state index contributed by atoms with van der Waals surface area (Å²) in [6, 6.07) is 6.78. The Bertz CT molecular complexity index is 389. The molecule has 2 nitrogen and oxygen atoms in total. The van der Waals surface area contributed by atoms with Crippen LogP contribution < -0.4 is 0 Å². The molecule has 1 aromatic rings. The molecule has 0 N–H and O–H groups in total. The van der Waals surface area contributed by atoms with Gasteiger partial charge in [-0.3, -0.25) is 0 Å². The van der Waals surface area contributed by atoms with Crippen LogP contribution in [0.2, 0.25) is 0 Å². The van der Waals surface area contributed by atoms with Gasteiger partial charge in [-0.2, -0.15) is 0 Å². The van der Waals surface area contributed by atoms with E-state index in [9.17, 15) is 0 Å². The van der Waals surface area contributed by atoms with E-state index in [1.54, 1.807) is 0 Å². The van der Waals surface area contributed by atoms with Gasteiger partial charge in [0.1, 0.15) is 0 Å². The first-order valence-electron chi connectivity index (χ1n) is 9.10. The lowest BCUT2D eigenvalue weighted by Gasteiger charge is -2.28. The summed E-state index contributed by atoms with van der Waals surface area (Å²) >= 11 is 0. The van der Waals surface area contributed by atoms with E-state index < -0.39 is 0 Å². The Hall–Kier alpha value is -0.860. The van der Waals surface area contributed by atoms with E-state index in [4.69, 9.17) is 4.74 Å². The van der Waals surface area contributed by atoms with E-state index in [0.717, 1.165) is 26.0 Å². The number of rotatable bonds is 5. The fourth-order valence-corrected chi connectivity index (χ4v) is 2.74. The van der Waals surface area contributed by atoms with Gasteiger partial charge in [0, 0.05) is 6.54 Å². The van der Waals surface area contributed by atoms with Gasteiger partial charge in [0.15, 0.2) is 0 Å². The zero-order valence-electron chi connectivity index (χ0n) is 15.9. The Morgan fingerprint density at radius 3 is 2.45 bits per heavy atom. The van der Waals surface area contributed by atoms with Gasteiger partial charge in [-0.25, -0.2) is 0 Å². The zero-order chi connectivity index (χ0) is 17.0. The first-order chi connectivity index (χ1) is 10.7. The minimum atomic E-state index is 0.300. The van der Waals surface area contributed by atoms with Crippen molar-refractivity contribution >= 4 is 0 Å². The molecular weight excluding hydrogens is 270 g/mol. The molecule has 1 aliphatic heterocycles. The summed E-state index contributed by atoms with van der Waals surface area (Å²) in [6.07, 6.45) is 3.69. The van der Waals surface area contributed by atoms with Crippen LogP contribution in [0.4, 0.5) is 0 Å². The van der Waals surface area contributed by atoms with Crippen molar-refractivity contribution in [3.8, 4) is 0 Å². The van der Waals surface area contributed by atoms with Crippen molar-refractivity contribution in [2.45, 2.75) is 66.9 Å². The number of hydrogen-bond donors (Lipinski definition) is 0. The summed E-state index contributed by atoms with van der Waals surface area (Å²) in [7, 11) is 2.20. The van der Waals surface area contributed by atoms with Gasteiger partial charge in [0.2, 0.25) is 0 Å². The van der Waals surface area contributed by atoms with Crippen molar-refractivity contribution in [1.29, 1.82) is 0 Å². The topological polar surface area (TPSA) is 12.5 Å². The van der Waals surface area contributed by atoms with E-state index in [0.29, 0.717) is 6.10 Å². The average molecular weight is 308 g/mol. The highest BCUT2D eigenvalue weighted by atomic mass is 16.5. The van der Waals surface area contributed by atoms with E-state index >= 15 is 0 Å². The fourth-order valence-electron chi connectivity index (χ4n) is 2.74. The zero-order valence-corrected chi connectivity index (χ0v) is 15.9. The van der Waals surface area contributed by atoms with Crippen molar-refractivity contribution in [3.63, 3.8) is 0 Å². The molecule has 0 aliphatic carbocycles. The number of benzene rings is 1. The van der Waals surface area contributed by atoms with E-state index in [1.807, 2.05) is 27.7 Å². The lowest BCUT2D eigenvalue weighted by atomic mass is 9.94. The van der Waals surface area contributed by atoms with Crippen LogP contribution in [0, 0.1) is 6.92 Å². The number of hydrogen-bond acceptors (Lipinski definition) is 2. The lowest BCUT2D eigenvalue weighted by molar-refractivity contribution is 0.0309. The molecule has 1 aromatic carbocycles. The lowest BCUT2D eigenvalue weighted by Crippen LogP contribution is -2.25. The number of aryl methyl sites for hydroxylation is 1. The Balaban J connectivity index is 0.00000102. The third-order valence-corrected chi connectivity index (χ3v) is 3.71. The highest BCUT2D eigenvalue weighted by molar-refractivity contribution is 5.34. The van der Waals surface area contributed by atoms with Gasteiger partial charge in [0.05, 0.1) is 12.7 Å². The summed E-state index contributed by atoms with van der Waals surface area (Å²) in [5.74, 6) is 0. The van der Waals surface area contributed by atoms with Crippen LogP contribution in [0.15, 0.2) is 18.2 Å². The predicted octanol–water partition coefficient (Wildman–Crippen LogP) is 5.39. The molecule has 2 rings (SSSR count). The molecule has 128 valence electrons. The molecule has 0 bridgehead atoms. The van der Waals surface area contributed by atoms with Gasteiger partial charge in [-0.15, -0.1) is 0 Å². The maximum absolute atomic E-state index is 5.95. The Labute approximate surface area is 138 Å². The van der Waals surface area contributed by atoms with Crippen molar-refractivity contribution in [2.75, 3.05) is 26.7 Å². The first kappa shape index (κ1) is 21.1. The standard InChI is InChI=1S/C16H25NO.2C2H6/c1-4-9-17(3)10-7-16-15-6-5-13(2)12-14(15)8-11-18-16;2*1-2/h5-6,12,16H,4,7-11H2,1-3H3;2*1-2H3. The third kappa shape index (κ3) is 6.93. The van der Waals surface area contributed by atoms with E-state index in [1.165, 1.54) is 29.7 Å². The van der Waals surface area contributed by atoms with Crippen molar-refractivity contribution < 1.29 is 4.74 Å². The molecule has 1 heterocycles. The molecule has 0 spiro atoms. The normalized spacial score (nSPS) is 16.1. The summed E-state index contributed by atoms with van der Waals surface area (Å²) in [5.41, 5.74) is 4.26. The second-order valence-electron chi connectivity index (χ2n) is 5.40. The van der Waals surface area contributed by atoms with Crippen LogP contribution in [-0.4, -0.2) is 31.6 Å². The third-order valence-electron chi connectivity index (χ3n) is 3.71. The SMILES string of the molecule is CC.CC.CCCN(C)CCC1OCCc2cc(C)ccc21. The molecule has 0 fully saturated rings. The van der Waals surface area contributed by atoms with Crippen molar-refractivity contribution in [2.24, 2.45) is 0 Å². The Morgan fingerprint density at radius 2 is 1.82 bits per heavy atom. The maximum Gasteiger partial charge on any atom is 0.0839 e. The minimum Gasteiger partial charge on any atom is -0.373 e. The highest BCUT2D eigenvalue weighted by Gasteiger charge is 2.20. The van der Waals surface area contributed by atoms with Crippen molar-refractivity contribution in [3.05, 3.63) is 34.9 Å². The van der Waals surface area contributed by atoms with Crippen LogP contribution in [0.1, 0.15) is 70.3 Å². The monoisotopic (exact) mass is 307 g/mol. The molecule has 0 saturated carbocycles.